The minimum atomic E-state index is -0.0182. The fourth-order valence-electron chi connectivity index (χ4n) is 1.78. The Labute approximate surface area is 107 Å². The van der Waals surface area contributed by atoms with Crippen LogP contribution in [0.15, 0.2) is 54.6 Å². The molecule has 3 heteroatoms. The molecular weight excluding hydrogens is 224 g/mol. The Hall–Kier alpha value is -2.13. The Kier molecular flexibility index (Phi) is 4.10. The largest absolute Gasteiger partial charge is 0.326 e. The smallest absolute Gasteiger partial charge is 0.228 e. The molecule has 0 aliphatic carbocycles. The predicted octanol–water partition coefficient (Wildman–Crippen LogP) is 2.33. The summed E-state index contributed by atoms with van der Waals surface area (Å²) in [5.41, 5.74) is 8.41. The SMILES string of the molecule is NCc1cccc(CC(=O)Nc2ccccc2)c1. The molecule has 1 amide bonds. The second kappa shape index (κ2) is 5.98. The predicted molar refractivity (Wildman–Crippen MR) is 73.1 cm³/mol. The topological polar surface area (TPSA) is 55.1 Å². The van der Waals surface area contributed by atoms with Crippen LogP contribution >= 0.6 is 0 Å². The zero-order chi connectivity index (χ0) is 12.8. The summed E-state index contributed by atoms with van der Waals surface area (Å²) >= 11 is 0. The van der Waals surface area contributed by atoms with E-state index in [9.17, 15) is 4.79 Å². The molecule has 0 unspecified atom stereocenters. The first-order valence-electron chi connectivity index (χ1n) is 5.91. The quantitative estimate of drug-likeness (QED) is 0.861. The van der Waals surface area contributed by atoms with E-state index in [0.29, 0.717) is 13.0 Å². The van der Waals surface area contributed by atoms with Crippen LogP contribution in [0.25, 0.3) is 0 Å². The Morgan fingerprint density at radius 3 is 2.44 bits per heavy atom. The van der Waals surface area contributed by atoms with Crippen molar-refractivity contribution in [3.8, 4) is 0 Å². The summed E-state index contributed by atoms with van der Waals surface area (Å²) in [6.45, 7) is 0.494. The van der Waals surface area contributed by atoms with Crippen LogP contribution in [-0.2, 0) is 17.8 Å². The van der Waals surface area contributed by atoms with Crippen LogP contribution in [0, 0.1) is 0 Å². The van der Waals surface area contributed by atoms with Crippen LogP contribution in [0.3, 0.4) is 0 Å². The van der Waals surface area contributed by atoms with E-state index in [1.807, 2.05) is 54.6 Å². The summed E-state index contributed by atoms with van der Waals surface area (Å²) in [5.74, 6) is -0.0182. The summed E-state index contributed by atoms with van der Waals surface area (Å²) in [6, 6.07) is 17.2. The van der Waals surface area contributed by atoms with E-state index in [4.69, 9.17) is 5.73 Å². The monoisotopic (exact) mass is 240 g/mol. The highest BCUT2D eigenvalue weighted by Crippen LogP contribution is 2.09. The van der Waals surface area contributed by atoms with Gasteiger partial charge < -0.3 is 11.1 Å². The van der Waals surface area contributed by atoms with Crippen molar-refractivity contribution in [3.05, 3.63) is 65.7 Å². The molecular formula is C15H16N2O. The van der Waals surface area contributed by atoms with Crippen molar-refractivity contribution in [1.29, 1.82) is 0 Å². The molecule has 0 heterocycles. The molecule has 3 N–H and O–H groups in total. The third kappa shape index (κ3) is 3.43. The summed E-state index contributed by atoms with van der Waals surface area (Å²) in [4.78, 5) is 11.8. The Morgan fingerprint density at radius 1 is 1.00 bits per heavy atom. The van der Waals surface area contributed by atoms with E-state index < -0.39 is 0 Å². The number of nitrogens with one attached hydrogen (secondary N) is 1. The van der Waals surface area contributed by atoms with Crippen LogP contribution in [0.1, 0.15) is 11.1 Å². The molecule has 2 aromatic rings. The number of hydrogen-bond donors (Lipinski definition) is 2. The first-order chi connectivity index (χ1) is 8.78. The highest BCUT2D eigenvalue weighted by molar-refractivity contribution is 5.92. The van der Waals surface area contributed by atoms with Gasteiger partial charge in [-0.15, -0.1) is 0 Å². The van der Waals surface area contributed by atoms with Crippen molar-refractivity contribution in [2.45, 2.75) is 13.0 Å². The molecule has 0 radical (unpaired) electrons. The lowest BCUT2D eigenvalue weighted by Gasteiger charge is -2.06. The number of rotatable bonds is 4. The van der Waals surface area contributed by atoms with Crippen LogP contribution in [0.2, 0.25) is 0 Å². The van der Waals surface area contributed by atoms with Crippen molar-refractivity contribution < 1.29 is 4.79 Å². The third-order valence-corrected chi connectivity index (χ3v) is 2.65. The van der Waals surface area contributed by atoms with E-state index in [-0.39, 0.29) is 5.91 Å². The Balaban J connectivity index is 1.99. The zero-order valence-electron chi connectivity index (χ0n) is 10.1. The first-order valence-corrected chi connectivity index (χ1v) is 5.91. The number of carbonyl (C=O) groups is 1. The molecule has 0 aliphatic rings. The van der Waals surface area contributed by atoms with E-state index in [1.165, 1.54) is 0 Å². The maximum absolute atomic E-state index is 11.8. The Bertz CT molecular complexity index is 523. The molecule has 0 spiro atoms. The van der Waals surface area contributed by atoms with Gasteiger partial charge in [-0.25, -0.2) is 0 Å². The average Bonchev–Trinajstić information content (AvgIpc) is 2.40. The molecule has 18 heavy (non-hydrogen) atoms. The van der Waals surface area contributed by atoms with Crippen molar-refractivity contribution >= 4 is 11.6 Å². The van der Waals surface area contributed by atoms with E-state index in [0.717, 1.165) is 16.8 Å². The molecule has 2 aromatic carbocycles. The third-order valence-electron chi connectivity index (χ3n) is 2.65. The number of hydrogen-bond acceptors (Lipinski definition) is 2. The standard InChI is InChI=1S/C15H16N2O/c16-11-13-6-4-5-12(9-13)10-15(18)17-14-7-2-1-3-8-14/h1-9H,10-11,16H2,(H,17,18). The van der Waals surface area contributed by atoms with Crippen molar-refractivity contribution in [2.24, 2.45) is 5.73 Å². The molecule has 92 valence electrons. The second-order valence-electron chi connectivity index (χ2n) is 4.12. The molecule has 0 bridgehead atoms. The first kappa shape index (κ1) is 12.3. The molecule has 0 saturated heterocycles. The van der Waals surface area contributed by atoms with Crippen LogP contribution < -0.4 is 11.1 Å². The number of amides is 1. The lowest BCUT2D eigenvalue weighted by Crippen LogP contribution is -2.14. The van der Waals surface area contributed by atoms with Gasteiger partial charge in [0.25, 0.3) is 0 Å². The summed E-state index contributed by atoms with van der Waals surface area (Å²) in [7, 11) is 0. The van der Waals surface area contributed by atoms with Gasteiger partial charge in [0, 0.05) is 12.2 Å². The fourth-order valence-corrected chi connectivity index (χ4v) is 1.78. The van der Waals surface area contributed by atoms with Crippen molar-refractivity contribution in [2.75, 3.05) is 5.32 Å². The average molecular weight is 240 g/mol. The van der Waals surface area contributed by atoms with Crippen LogP contribution in [-0.4, -0.2) is 5.91 Å². The minimum absolute atomic E-state index is 0.0182. The van der Waals surface area contributed by atoms with Gasteiger partial charge in [0.1, 0.15) is 0 Å². The minimum Gasteiger partial charge on any atom is -0.326 e. The van der Waals surface area contributed by atoms with Gasteiger partial charge in [0.05, 0.1) is 6.42 Å². The number of anilines is 1. The summed E-state index contributed by atoms with van der Waals surface area (Å²) < 4.78 is 0. The normalized spacial score (nSPS) is 10.1. The molecule has 0 atom stereocenters. The molecule has 2 rings (SSSR count). The lowest BCUT2D eigenvalue weighted by molar-refractivity contribution is -0.115. The molecule has 0 fully saturated rings. The zero-order valence-corrected chi connectivity index (χ0v) is 10.1. The second-order valence-corrected chi connectivity index (χ2v) is 4.12. The van der Waals surface area contributed by atoms with Gasteiger partial charge in [0.2, 0.25) is 5.91 Å². The number of nitrogens with two attached hydrogens (primary N) is 1. The van der Waals surface area contributed by atoms with Gasteiger partial charge in [-0.1, -0.05) is 42.5 Å². The van der Waals surface area contributed by atoms with E-state index in [1.54, 1.807) is 0 Å². The summed E-state index contributed by atoms with van der Waals surface area (Å²) in [6.07, 6.45) is 0.364. The maximum Gasteiger partial charge on any atom is 0.228 e. The molecule has 0 aliphatic heterocycles. The molecule has 0 aromatic heterocycles. The highest BCUT2D eigenvalue weighted by atomic mass is 16.1. The maximum atomic E-state index is 11.8. The van der Waals surface area contributed by atoms with Crippen molar-refractivity contribution in [3.63, 3.8) is 0 Å². The van der Waals surface area contributed by atoms with Gasteiger partial charge in [-0.05, 0) is 23.3 Å². The Morgan fingerprint density at radius 2 is 1.72 bits per heavy atom. The summed E-state index contributed by atoms with van der Waals surface area (Å²) in [5, 5.41) is 2.86. The van der Waals surface area contributed by atoms with E-state index in [2.05, 4.69) is 5.32 Å². The van der Waals surface area contributed by atoms with E-state index >= 15 is 0 Å². The number of para-hydroxylation sites is 1. The van der Waals surface area contributed by atoms with Crippen molar-refractivity contribution in [1.82, 2.24) is 0 Å². The number of benzene rings is 2. The molecule has 3 nitrogen and oxygen atoms in total. The number of carbonyl (C=O) groups excluding carboxylic acids is 1. The van der Waals surface area contributed by atoms with Crippen LogP contribution in [0.4, 0.5) is 5.69 Å². The van der Waals surface area contributed by atoms with Crippen LogP contribution in [0.5, 0.6) is 0 Å². The van der Waals surface area contributed by atoms with Gasteiger partial charge in [-0.2, -0.15) is 0 Å². The van der Waals surface area contributed by atoms with Gasteiger partial charge in [0.15, 0.2) is 0 Å². The molecule has 0 saturated carbocycles. The highest BCUT2D eigenvalue weighted by Gasteiger charge is 2.04. The van der Waals surface area contributed by atoms with Gasteiger partial charge in [-0.3, -0.25) is 4.79 Å². The lowest BCUT2D eigenvalue weighted by atomic mass is 10.1. The fraction of sp³-hybridized carbons (Fsp3) is 0.133. The van der Waals surface area contributed by atoms with Gasteiger partial charge >= 0.3 is 0 Å².